The molecule has 5 nitrogen and oxygen atoms in total. The van der Waals surface area contributed by atoms with Crippen LogP contribution in [0, 0.1) is 11.3 Å². The SMILES string of the molecule is N#Cc1ccc(NC(=O)c2ccncc2N)c(Br)c1. The predicted molar refractivity (Wildman–Crippen MR) is 75.5 cm³/mol. The van der Waals surface area contributed by atoms with E-state index in [2.05, 4.69) is 26.2 Å². The van der Waals surface area contributed by atoms with Crippen LogP contribution in [0.1, 0.15) is 15.9 Å². The van der Waals surface area contributed by atoms with Gasteiger partial charge in [0.2, 0.25) is 0 Å². The number of hydrogen-bond donors (Lipinski definition) is 2. The Morgan fingerprint density at radius 3 is 2.84 bits per heavy atom. The third-order valence-corrected chi connectivity index (χ3v) is 3.10. The van der Waals surface area contributed by atoms with Gasteiger partial charge in [-0.3, -0.25) is 9.78 Å². The van der Waals surface area contributed by atoms with E-state index in [0.29, 0.717) is 27.0 Å². The zero-order valence-corrected chi connectivity index (χ0v) is 11.3. The minimum Gasteiger partial charge on any atom is -0.397 e. The summed E-state index contributed by atoms with van der Waals surface area (Å²) in [7, 11) is 0. The van der Waals surface area contributed by atoms with Gasteiger partial charge in [-0.15, -0.1) is 0 Å². The summed E-state index contributed by atoms with van der Waals surface area (Å²) in [6.45, 7) is 0. The average molecular weight is 317 g/mol. The third-order valence-electron chi connectivity index (χ3n) is 2.44. The molecular weight excluding hydrogens is 308 g/mol. The van der Waals surface area contributed by atoms with E-state index in [-0.39, 0.29) is 5.91 Å². The first-order valence-electron chi connectivity index (χ1n) is 5.32. The first-order valence-corrected chi connectivity index (χ1v) is 6.11. The highest BCUT2D eigenvalue weighted by atomic mass is 79.9. The number of carbonyl (C=O) groups excluding carboxylic acids is 1. The number of nitrogen functional groups attached to an aromatic ring is 1. The third kappa shape index (κ3) is 2.89. The fourth-order valence-electron chi connectivity index (χ4n) is 1.49. The van der Waals surface area contributed by atoms with Gasteiger partial charge < -0.3 is 11.1 Å². The Hall–Kier alpha value is -2.39. The van der Waals surface area contributed by atoms with Gasteiger partial charge in [-0.05, 0) is 40.2 Å². The fourth-order valence-corrected chi connectivity index (χ4v) is 1.97. The van der Waals surface area contributed by atoms with Gasteiger partial charge in [-0.1, -0.05) is 0 Å². The highest BCUT2D eigenvalue weighted by Crippen LogP contribution is 2.24. The number of benzene rings is 1. The number of anilines is 2. The zero-order valence-electron chi connectivity index (χ0n) is 9.72. The molecular formula is C13H9BrN4O. The van der Waals surface area contributed by atoms with Crippen LogP contribution in [0.2, 0.25) is 0 Å². The maximum absolute atomic E-state index is 12.0. The second kappa shape index (κ2) is 5.50. The number of nitrogens with two attached hydrogens (primary N) is 1. The molecule has 1 heterocycles. The van der Waals surface area contributed by atoms with Gasteiger partial charge in [-0.25, -0.2) is 0 Å². The first-order chi connectivity index (χ1) is 9.11. The molecule has 0 radical (unpaired) electrons. The number of nitrogens with one attached hydrogen (secondary N) is 1. The molecule has 0 bridgehead atoms. The summed E-state index contributed by atoms with van der Waals surface area (Å²) in [6.07, 6.45) is 2.92. The van der Waals surface area contributed by atoms with E-state index in [4.69, 9.17) is 11.0 Å². The van der Waals surface area contributed by atoms with Crippen LogP contribution >= 0.6 is 15.9 Å². The van der Waals surface area contributed by atoms with Crippen LogP contribution < -0.4 is 11.1 Å². The van der Waals surface area contributed by atoms with Crippen molar-refractivity contribution in [2.75, 3.05) is 11.1 Å². The number of pyridine rings is 1. The van der Waals surface area contributed by atoms with Crippen molar-refractivity contribution >= 4 is 33.2 Å². The number of carbonyl (C=O) groups is 1. The molecule has 0 aliphatic heterocycles. The molecule has 2 rings (SSSR count). The summed E-state index contributed by atoms with van der Waals surface area (Å²) < 4.78 is 0.632. The van der Waals surface area contributed by atoms with E-state index in [1.807, 2.05) is 6.07 Å². The van der Waals surface area contributed by atoms with E-state index in [1.165, 1.54) is 12.4 Å². The van der Waals surface area contributed by atoms with Gasteiger partial charge in [0.1, 0.15) is 0 Å². The highest BCUT2D eigenvalue weighted by Gasteiger charge is 2.11. The summed E-state index contributed by atoms with van der Waals surface area (Å²) >= 11 is 3.30. The molecule has 0 aliphatic carbocycles. The Labute approximate surface area is 118 Å². The smallest absolute Gasteiger partial charge is 0.257 e. The lowest BCUT2D eigenvalue weighted by Gasteiger charge is -2.08. The summed E-state index contributed by atoms with van der Waals surface area (Å²) in [5.74, 6) is -0.328. The normalized spacial score (nSPS) is 9.68. The maximum Gasteiger partial charge on any atom is 0.257 e. The van der Waals surface area contributed by atoms with Gasteiger partial charge >= 0.3 is 0 Å². The second-order valence-electron chi connectivity index (χ2n) is 3.72. The van der Waals surface area contributed by atoms with E-state index in [1.54, 1.807) is 24.3 Å². The molecule has 2 aromatic rings. The molecule has 19 heavy (non-hydrogen) atoms. The minimum absolute atomic E-state index is 0.310. The molecule has 1 aromatic heterocycles. The summed E-state index contributed by atoms with van der Waals surface area (Å²) in [5.41, 5.74) is 7.42. The molecule has 0 unspecified atom stereocenters. The van der Waals surface area contributed by atoms with Crippen molar-refractivity contribution in [1.82, 2.24) is 4.98 Å². The van der Waals surface area contributed by atoms with Crippen LogP contribution in [-0.2, 0) is 0 Å². The topological polar surface area (TPSA) is 91.8 Å². The van der Waals surface area contributed by atoms with Crippen LogP contribution in [0.15, 0.2) is 41.1 Å². The average Bonchev–Trinajstić information content (AvgIpc) is 2.41. The van der Waals surface area contributed by atoms with Gasteiger partial charge in [0, 0.05) is 10.7 Å². The maximum atomic E-state index is 12.0. The Morgan fingerprint density at radius 2 is 2.21 bits per heavy atom. The molecule has 0 saturated heterocycles. The molecule has 6 heteroatoms. The largest absolute Gasteiger partial charge is 0.397 e. The summed E-state index contributed by atoms with van der Waals surface area (Å²) in [6, 6.07) is 8.46. The van der Waals surface area contributed by atoms with E-state index < -0.39 is 0 Å². The van der Waals surface area contributed by atoms with Crippen LogP contribution in [0.3, 0.4) is 0 Å². The standard InChI is InChI=1S/C13H9BrN4O/c14-10-5-8(6-15)1-2-12(10)18-13(19)9-3-4-17-7-11(9)16/h1-5,7H,16H2,(H,18,19). The van der Waals surface area contributed by atoms with Crippen molar-refractivity contribution in [3.05, 3.63) is 52.3 Å². The minimum atomic E-state index is -0.328. The number of hydrogen-bond acceptors (Lipinski definition) is 4. The molecule has 1 aromatic carbocycles. The number of halogens is 1. The van der Waals surface area contributed by atoms with Crippen molar-refractivity contribution in [3.8, 4) is 6.07 Å². The number of nitrogens with zero attached hydrogens (tertiary/aromatic N) is 2. The van der Waals surface area contributed by atoms with Crippen molar-refractivity contribution in [2.24, 2.45) is 0 Å². The highest BCUT2D eigenvalue weighted by molar-refractivity contribution is 9.10. The Morgan fingerprint density at radius 1 is 1.42 bits per heavy atom. The molecule has 3 N–H and O–H groups in total. The Balaban J connectivity index is 2.25. The van der Waals surface area contributed by atoms with Crippen LogP contribution in [0.4, 0.5) is 11.4 Å². The molecule has 0 fully saturated rings. The summed E-state index contributed by atoms with van der Waals surface area (Å²) in [5, 5.41) is 11.5. The van der Waals surface area contributed by atoms with Crippen molar-refractivity contribution in [2.45, 2.75) is 0 Å². The zero-order chi connectivity index (χ0) is 13.8. The van der Waals surface area contributed by atoms with E-state index in [0.717, 1.165) is 0 Å². The van der Waals surface area contributed by atoms with Crippen LogP contribution in [0.5, 0.6) is 0 Å². The van der Waals surface area contributed by atoms with Crippen molar-refractivity contribution in [1.29, 1.82) is 5.26 Å². The van der Waals surface area contributed by atoms with Gasteiger partial charge in [0.05, 0.1) is 34.8 Å². The molecule has 0 saturated carbocycles. The monoisotopic (exact) mass is 316 g/mol. The Kier molecular flexibility index (Phi) is 3.78. The Bertz CT molecular complexity index is 679. The lowest BCUT2D eigenvalue weighted by atomic mass is 10.2. The van der Waals surface area contributed by atoms with Crippen LogP contribution in [0.25, 0.3) is 0 Å². The molecule has 0 aliphatic rings. The second-order valence-corrected chi connectivity index (χ2v) is 4.58. The molecule has 0 spiro atoms. The molecule has 1 amide bonds. The van der Waals surface area contributed by atoms with Gasteiger partial charge in [0.15, 0.2) is 0 Å². The number of nitriles is 1. The van der Waals surface area contributed by atoms with Crippen molar-refractivity contribution in [3.63, 3.8) is 0 Å². The molecule has 0 atom stereocenters. The van der Waals surface area contributed by atoms with Crippen molar-refractivity contribution < 1.29 is 4.79 Å². The number of aromatic nitrogens is 1. The predicted octanol–water partition coefficient (Wildman–Crippen LogP) is 2.55. The van der Waals surface area contributed by atoms with E-state index >= 15 is 0 Å². The van der Waals surface area contributed by atoms with Crippen LogP contribution in [-0.4, -0.2) is 10.9 Å². The fraction of sp³-hybridized carbons (Fsp3) is 0. The lowest BCUT2D eigenvalue weighted by molar-refractivity contribution is 0.102. The quantitative estimate of drug-likeness (QED) is 0.890. The molecule has 94 valence electrons. The number of amides is 1. The summed E-state index contributed by atoms with van der Waals surface area (Å²) in [4.78, 5) is 15.9. The van der Waals surface area contributed by atoms with E-state index in [9.17, 15) is 4.79 Å². The van der Waals surface area contributed by atoms with Gasteiger partial charge in [-0.2, -0.15) is 5.26 Å². The number of rotatable bonds is 2. The lowest BCUT2D eigenvalue weighted by Crippen LogP contribution is -2.14. The first kappa shape index (κ1) is 13.1. The van der Waals surface area contributed by atoms with Gasteiger partial charge in [0.25, 0.3) is 5.91 Å².